The van der Waals surface area contributed by atoms with Gasteiger partial charge in [-0.3, -0.25) is 4.90 Å². The number of hydrogen-bond acceptors (Lipinski definition) is 2. The number of rotatable bonds is 0. The molecule has 1 amide bonds. The quantitative estimate of drug-likeness (QED) is 0.480. The van der Waals surface area contributed by atoms with Gasteiger partial charge in [-0.2, -0.15) is 0 Å². The first-order valence-electron chi connectivity index (χ1n) is 9.02. The predicted molar refractivity (Wildman–Crippen MR) is 118 cm³/mol. The Labute approximate surface area is 177 Å². The molecule has 2 aromatic rings. The summed E-state index contributed by atoms with van der Waals surface area (Å²) in [6.45, 7) is 8.52. The summed E-state index contributed by atoms with van der Waals surface area (Å²) in [4.78, 5) is 14.6. The second-order valence-electron chi connectivity index (χ2n) is 7.80. The largest absolute Gasteiger partial charge is 0.465 e. The third-order valence-corrected chi connectivity index (χ3v) is 5.90. The molecular weight excluding hydrogens is 472 g/mol. The van der Waals surface area contributed by atoms with Gasteiger partial charge in [-0.05, 0) is 81.1 Å². The Morgan fingerprint density at radius 3 is 2.00 bits per heavy atom. The van der Waals surface area contributed by atoms with Gasteiger partial charge < -0.3 is 10.0 Å². The Balaban J connectivity index is 0.000000156. The van der Waals surface area contributed by atoms with E-state index < -0.39 is 6.09 Å². The van der Waals surface area contributed by atoms with Gasteiger partial charge in [0.05, 0.1) is 5.69 Å². The molecule has 2 aromatic carbocycles. The third-order valence-electron chi connectivity index (χ3n) is 4.91. The van der Waals surface area contributed by atoms with Crippen LogP contribution in [0.4, 0.5) is 16.2 Å². The first kappa shape index (κ1) is 20.2. The van der Waals surface area contributed by atoms with Crippen molar-refractivity contribution in [3.05, 3.63) is 56.5 Å². The highest BCUT2D eigenvalue weighted by atomic mass is 79.9. The van der Waals surface area contributed by atoms with Crippen molar-refractivity contribution >= 4 is 49.3 Å². The lowest BCUT2D eigenvalue weighted by molar-refractivity contribution is 0.202. The molecule has 0 spiro atoms. The van der Waals surface area contributed by atoms with E-state index in [1.165, 1.54) is 27.0 Å². The third kappa shape index (κ3) is 4.49. The molecule has 0 unspecified atom stereocenters. The van der Waals surface area contributed by atoms with Crippen LogP contribution in [-0.2, 0) is 12.8 Å². The smallest absolute Gasteiger partial charge is 0.411 e. The normalized spacial score (nSPS) is 15.1. The standard InChI is InChI=1S/C12H16BrN.C9H8BrNO2/c1-12(2,3)14-7-6-9-8-10(13)4-5-11(9)14;10-7-1-2-8-6(5-7)3-4-11(8)9(12)13/h4-5,8H,6-7H2,1-3H3;1-2,5H,3-4H2,(H,12,13). The molecule has 0 fully saturated rings. The Bertz CT molecular complexity index is 862. The zero-order valence-corrected chi connectivity index (χ0v) is 19.0. The SMILES string of the molecule is CC(C)(C)N1CCc2cc(Br)ccc21.O=C(O)N1CCc2cc(Br)ccc21. The van der Waals surface area contributed by atoms with Gasteiger partial charge in [-0.15, -0.1) is 0 Å². The maximum absolute atomic E-state index is 10.8. The molecule has 4 nitrogen and oxygen atoms in total. The minimum absolute atomic E-state index is 0.235. The van der Waals surface area contributed by atoms with Gasteiger partial charge in [0.2, 0.25) is 0 Å². The summed E-state index contributed by atoms with van der Waals surface area (Å²) < 4.78 is 2.19. The molecule has 0 saturated carbocycles. The highest BCUT2D eigenvalue weighted by molar-refractivity contribution is 9.10. The summed E-state index contributed by atoms with van der Waals surface area (Å²) in [6, 6.07) is 12.3. The summed E-state index contributed by atoms with van der Waals surface area (Å²) >= 11 is 6.87. The molecule has 2 heterocycles. The highest BCUT2D eigenvalue weighted by Crippen LogP contribution is 2.35. The highest BCUT2D eigenvalue weighted by Gasteiger charge is 2.28. The molecule has 0 bridgehead atoms. The molecule has 2 aliphatic rings. The molecule has 6 heteroatoms. The van der Waals surface area contributed by atoms with Crippen molar-refractivity contribution in [2.45, 2.75) is 39.2 Å². The van der Waals surface area contributed by atoms with Crippen molar-refractivity contribution in [3.8, 4) is 0 Å². The van der Waals surface area contributed by atoms with Crippen LogP contribution < -0.4 is 9.80 Å². The van der Waals surface area contributed by atoms with Gasteiger partial charge in [0.1, 0.15) is 0 Å². The Kier molecular flexibility index (Phi) is 5.87. The summed E-state index contributed by atoms with van der Waals surface area (Å²) in [7, 11) is 0. The van der Waals surface area contributed by atoms with E-state index in [0.717, 1.165) is 28.7 Å². The first-order chi connectivity index (χ1) is 12.7. The maximum Gasteiger partial charge on any atom is 0.411 e. The second kappa shape index (κ2) is 7.84. The van der Waals surface area contributed by atoms with Crippen LogP contribution in [0.15, 0.2) is 45.3 Å². The number of hydrogen-bond donors (Lipinski definition) is 1. The van der Waals surface area contributed by atoms with E-state index in [9.17, 15) is 4.79 Å². The van der Waals surface area contributed by atoms with Crippen molar-refractivity contribution in [2.24, 2.45) is 0 Å². The second-order valence-corrected chi connectivity index (χ2v) is 9.63. The Morgan fingerprint density at radius 2 is 1.44 bits per heavy atom. The van der Waals surface area contributed by atoms with Crippen LogP contribution in [0.3, 0.4) is 0 Å². The van der Waals surface area contributed by atoms with Gasteiger partial charge in [-0.25, -0.2) is 4.79 Å². The summed E-state index contributed by atoms with van der Waals surface area (Å²) in [6.07, 6.45) is 1.11. The van der Waals surface area contributed by atoms with Gasteiger partial charge in [0.15, 0.2) is 0 Å². The van der Waals surface area contributed by atoms with E-state index in [0.29, 0.717) is 6.54 Å². The van der Waals surface area contributed by atoms with Crippen molar-refractivity contribution in [1.29, 1.82) is 0 Å². The molecule has 0 aromatic heterocycles. The molecule has 144 valence electrons. The lowest BCUT2D eigenvalue weighted by Crippen LogP contribution is -2.40. The van der Waals surface area contributed by atoms with E-state index in [4.69, 9.17) is 5.11 Å². The fraction of sp³-hybridized carbons (Fsp3) is 0.381. The van der Waals surface area contributed by atoms with Crippen LogP contribution in [0.1, 0.15) is 31.9 Å². The number of benzene rings is 2. The number of halogens is 2. The molecule has 0 atom stereocenters. The Morgan fingerprint density at radius 1 is 0.926 bits per heavy atom. The number of anilines is 2. The van der Waals surface area contributed by atoms with E-state index in [2.05, 4.69) is 75.7 Å². The topological polar surface area (TPSA) is 43.8 Å². The van der Waals surface area contributed by atoms with E-state index >= 15 is 0 Å². The van der Waals surface area contributed by atoms with Crippen molar-refractivity contribution in [3.63, 3.8) is 0 Å². The fourth-order valence-corrected chi connectivity index (χ4v) is 4.45. The zero-order chi connectivity index (χ0) is 19.8. The summed E-state index contributed by atoms with van der Waals surface area (Å²) in [5.41, 5.74) is 5.02. The molecular formula is C21H24Br2N2O2. The number of amides is 1. The fourth-order valence-electron chi connectivity index (χ4n) is 3.64. The first-order valence-corrected chi connectivity index (χ1v) is 10.6. The predicted octanol–water partition coefficient (Wildman–Crippen LogP) is 6.10. The van der Waals surface area contributed by atoms with E-state index in [-0.39, 0.29) is 5.54 Å². The molecule has 4 rings (SSSR count). The van der Waals surface area contributed by atoms with Crippen LogP contribution in [0.5, 0.6) is 0 Å². The van der Waals surface area contributed by atoms with Gasteiger partial charge >= 0.3 is 6.09 Å². The number of fused-ring (bicyclic) bond motifs is 2. The molecule has 0 radical (unpaired) electrons. The number of carboxylic acid groups (broad SMARTS) is 1. The van der Waals surface area contributed by atoms with Crippen molar-refractivity contribution < 1.29 is 9.90 Å². The maximum atomic E-state index is 10.8. The van der Waals surface area contributed by atoms with Gasteiger partial charge in [0.25, 0.3) is 0 Å². The lowest BCUT2D eigenvalue weighted by atomic mass is 10.1. The van der Waals surface area contributed by atoms with Crippen molar-refractivity contribution in [1.82, 2.24) is 0 Å². The average Bonchev–Trinajstić information content (AvgIpc) is 3.17. The van der Waals surface area contributed by atoms with Crippen LogP contribution in [0.25, 0.3) is 0 Å². The summed E-state index contributed by atoms with van der Waals surface area (Å²) in [5, 5.41) is 8.84. The number of nitrogens with zero attached hydrogens (tertiary/aromatic N) is 2. The van der Waals surface area contributed by atoms with Crippen LogP contribution in [-0.4, -0.2) is 29.8 Å². The number of carbonyl (C=O) groups is 1. The molecule has 0 saturated heterocycles. The summed E-state index contributed by atoms with van der Waals surface area (Å²) in [5.74, 6) is 0. The molecule has 2 aliphatic heterocycles. The van der Waals surface area contributed by atoms with Gasteiger partial charge in [-0.1, -0.05) is 31.9 Å². The average molecular weight is 496 g/mol. The van der Waals surface area contributed by atoms with E-state index in [1.807, 2.05) is 18.2 Å². The minimum atomic E-state index is -0.874. The molecule has 0 aliphatic carbocycles. The monoisotopic (exact) mass is 494 g/mol. The Hall–Kier alpha value is -1.53. The van der Waals surface area contributed by atoms with Crippen LogP contribution in [0.2, 0.25) is 0 Å². The molecule has 1 N–H and O–H groups in total. The zero-order valence-electron chi connectivity index (χ0n) is 15.8. The van der Waals surface area contributed by atoms with Gasteiger partial charge in [0, 0.05) is 33.3 Å². The minimum Gasteiger partial charge on any atom is -0.465 e. The molecule has 27 heavy (non-hydrogen) atoms. The lowest BCUT2D eigenvalue weighted by Gasteiger charge is -2.34. The van der Waals surface area contributed by atoms with Crippen LogP contribution >= 0.6 is 31.9 Å². The van der Waals surface area contributed by atoms with Crippen molar-refractivity contribution in [2.75, 3.05) is 22.9 Å². The van der Waals surface area contributed by atoms with E-state index in [1.54, 1.807) is 0 Å². The van der Waals surface area contributed by atoms with Crippen LogP contribution in [0, 0.1) is 0 Å².